The van der Waals surface area contributed by atoms with Crippen LogP contribution in [-0.4, -0.2) is 24.1 Å². The molecule has 0 spiro atoms. The van der Waals surface area contributed by atoms with Crippen molar-refractivity contribution in [3.63, 3.8) is 0 Å². The summed E-state index contributed by atoms with van der Waals surface area (Å²) in [6, 6.07) is 8.16. The Morgan fingerprint density at radius 1 is 1.27 bits per heavy atom. The molecule has 0 aliphatic rings. The predicted octanol–water partition coefficient (Wildman–Crippen LogP) is 4.39. The number of carbonyl (C=O) groups is 1. The molecule has 2 aromatic rings. The van der Waals surface area contributed by atoms with Crippen molar-refractivity contribution in [3.05, 3.63) is 36.4 Å². The quantitative estimate of drug-likeness (QED) is 0.423. The SMILES string of the molecule is C=C(C)C(=O)OCCCCCCNc1nc2ccccc2s1. The van der Waals surface area contributed by atoms with Gasteiger partial charge in [-0.3, -0.25) is 0 Å². The topological polar surface area (TPSA) is 51.2 Å². The van der Waals surface area contributed by atoms with Crippen LogP contribution in [0.3, 0.4) is 0 Å². The van der Waals surface area contributed by atoms with Crippen LogP contribution in [0.1, 0.15) is 32.6 Å². The van der Waals surface area contributed by atoms with E-state index in [1.807, 2.05) is 18.2 Å². The van der Waals surface area contributed by atoms with Crippen LogP contribution in [-0.2, 0) is 9.53 Å². The maximum Gasteiger partial charge on any atom is 0.333 e. The summed E-state index contributed by atoms with van der Waals surface area (Å²) in [5.74, 6) is -0.294. The highest BCUT2D eigenvalue weighted by atomic mass is 32.1. The molecule has 0 saturated heterocycles. The average molecular weight is 318 g/mol. The van der Waals surface area contributed by atoms with Crippen molar-refractivity contribution >= 4 is 32.7 Å². The molecule has 1 aromatic heterocycles. The molecule has 0 amide bonds. The normalized spacial score (nSPS) is 10.6. The van der Waals surface area contributed by atoms with Crippen LogP contribution in [0, 0.1) is 0 Å². The number of thiazole rings is 1. The van der Waals surface area contributed by atoms with Crippen LogP contribution in [0.5, 0.6) is 0 Å². The van der Waals surface area contributed by atoms with Crippen molar-refractivity contribution in [1.29, 1.82) is 0 Å². The molecule has 1 N–H and O–H groups in total. The monoisotopic (exact) mass is 318 g/mol. The Morgan fingerprint density at radius 3 is 2.82 bits per heavy atom. The Kier molecular flexibility index (Phi) is 6.40. The van der Waals surface area contributed by atoms with Gasteiger partial charge in [0.1, 0.15) is 0 Å². The zero-order valence-corrected chi connectivity index (χ0v) is 13.7. The van der Waals surface area contributed by atoms with Gasteiger partial charge in [-0.15, -0.1) is 0 Å². The Bertz CT molecular complexity index is 603. The van der Waals surface area contributed by atoms with E-state index < -0.39 is 0 Å². The van der Waals surface area contributed by atoms with E-state index in [0.717, 1.165) is 42.9 Å². The predicted molar refractivity (Wildman–Crippen MR) is 92.4 cm³/mol. The van der Waals surface area contributed by atoms with Gasteiger partial charge in [0.2, 0.25) is 0 Å². The first-order valence-electron chi connectivity index (χ1n) is 7.59. The van der Waals surface area contributed by atoms with Crippen LogP contribution < -0.4 is 5.32 Å². The molecule has 0 aliphatic carbocycles. The Balaban J connectivity index is 1.54. The van der Waals surface area contributed by atoms with E-state index in [1.165, 1.54) is 4.70 Å². The van der Waals surface area contributed by atoms with Gasteiger partial charge in [-0.25, -0.2) is 9.78 Å². The minimum Gasteiger partial charge on any atom is -0.462 e. The zero-order chi connectivity index (χ0) is 15.8. The molecule has 0 bridgehead atoms. The Labute approximate surface area is 135 Å². The molecule has 0 fully saturated rings. The number of unbranched alkanes of at least 4 members (excludes halogenated alkanes) is 3. The third kappa shape index (κ3) is 5.15. The van der Waals surface area contributed by atoms with Gasteiger partial charge >= 0.3 is 5.97 Å². The van der Waals surface area contributed by atoms with E-state index in [9.17, 15) is 4.79 Å². The number of benzene rings is 1. The molecule has 4 nitrogen and oxygen atoms in total. The summed E-state index contributed by atoms with van der Waals surface area (Å²) in [6.07, 6.45) is 4.16. The standard InChI is InChI=1S/C17H22N2O2S/c1-13(2)16(20)21-12-8-4-3-7-11-18-17-19-14-9-5-6-10-15(14)22-17/h5-6,9-10H,1,3-4,7-8,11-12H2,2H3,(H,18,19). The van der Waals surface area contributed by atoms with Gasteiger partial charge in [0.15, 0.2) is 5.13 Å². The number of fused-ring (bicyclic) bond motifs is 1. The largest absolute Gasteiger partial charge is 0.462 e. The molecule has 0 saturated carbocycles. The van der Waals surface area contributed by atoms with Gasteiger partial charge in [0, 0.05) is 12.1 Å². The molecule has 5 heteroatoms. The number of esters is 1. The van der Waals surface area contributed by atoms with Gasteiger partial charge in [-0.05, 0) is 38.3 Å². The number of anilines is 1. The lowest BCUT2D eigenvalue weighted by atomic mass is 10.2. The van der Waals surface area contributed by atoms with Gasteiger partial charge in [0.05, 0.1) is 16.8 Å². The van der Waals surface area contributed by atoms with Gasteiger partial charge in [0.25, 0.3) is 0 Å². The van der Waals surface area contributed by atoms with Crippen molar-refractivity contribution in [1.82, 2.24) is 4.98 Å². The van der Waals surface area contributed by atoms with Crippen molar-refractivity contribution in [2.75, 3.05) is 18.5 Å². The maximum absolute atomic E-state index is 11.2. The van der Waals surface area contributed by atoms with E-state index in [0.29, 0.717) is 12.2 Å². The molecule has 2 rings (SSSR count). The molecule has 1 heterocycles. The van der Waals surface area contributed by atoms with Gasteiger partial charge in [-0.1, -0.05) is 36.5 Å². The second-order valence-electron chi connectivity index (χ2n) is 5.24. The van der Waals surface area contributed by atoms with E-state index in [4.69, 9.17) is 4.74 Å². The minimum absolute atomic E-state index is 0.294. The Morgan fingerprint density at radius 2 is 2.05 bits per heavy atom. The van der Waals surface area contributed by atoms with E-state index in [2.05, 4.69) is 22.9 Å². The fourth-order valence-electron chi connectivity index (χ4n) is 2.01. The minimum atomic E-state index is -0.294. The molecule has 0 aliphatic heterocycles. The Hall–Kier alpha value is -1.88. The number of nitrogens with zero attached hydrogens (tertiary/aromatic N) is 1. The first kappa shape index (κ1) is 16.5. The lowest BCUT2D eigenvalue weighted by Crippen LogP contribution is -2.06. The summed E-state index contributed by atoms with van der Waals surface area (Å²) in [6.45, 7) is 6.62. The second-order valence-corrected chi connectivity index (χ2v) is 6.27. The molecular weight excluding hydrogens is 296 g/mol. The summed E-state index contributed by atoms with van der Waals surface area (Å²) in [7, 11) is 0. The van der Waals surface area contributed by atoms with Crippen LogP contribution in [0.4, 0.5) is 5.13 Å². The first-order valence-corrected chi connectivity index (χ1v) is 8.40. The smallest absolute Gasteiger partial charge is 0.333 e. The fourth-order valence-corrected chi connectivity index (χ4v) is 2.90. The van der Waals surface area contributed by atoms with Crippen LogP contribution in [0.2, 0.25) is 0 Å². The number of hydrogen-bond donors (Lipinski definition) is 1. The van der Waals surface area contributed by atoms with Crippen molar-refractivity contribution in [2.24, 2.45) is 0 Å². The molecule has 22 heavy (non-hydrogen) atoms. The van der Waals surface area contributed by atoms with Crippen molar-refractivity contribution < 1.29 is 9.53 Å². The van der Waals surface area contributed by atoms with E-state index in [1.54, 1.807) is 18.3 Å². The lowest BCUT2D eigenvalue weighted by Gasteiger charge is -2.04. The number of carbonyl (C=O) groups excluding carboxylic acids is 1. The number of rotatable bonds is 9. The number of ether oxygens (including phenoxy) is 1. The van der Waals surface area contributed by atoms with Crippen LogP contribution in [0.25, 0.3) is 10.2 Å². The molecular formula is C17H22N2O2S. The molecule has 118 valence electrons. The van der Waals surface area contributed by atoms with Gasteiger partial charge in [-0.2, -0.15) is 0 Å². The number of aromatic nitrogens is 1. The highest BCUT2D eigenvalue weighted by Gasteiger charge is 2.03. The molecule has 0 unspecified atom stereocenters. The van der Waals surface area contributed by atoms with Crippen LogP contribution in [0.15, 0.2) is 36.4 Å². The summed E-state index contributed by atoms with van der Waals surface area (Å²) < 4.78 is 6.26. The lowest BCUT2D eigenvalue weighted by molar-refractivity contribution is -0.139. The van der Waals surface area contributed by atoms with E-state index >= 15 is 0 Å². The molecule has 1 aromatic carbocycles. The highest BCUT2D eigenvalue weighted by Crippen LogP contribution is 2.25. The summed E-state index contributed by atoms with van der Waals surface area (Å²) in [4.78, 5) is 15.7. The fraction of sp³-hybridized carbons (Fsp3) is 0.412. The van der Waals surface area contributed by atoms with Gasteiger partial charge < -0.3 is 10.1 Å². The number of hydrogen-bond acceptors (Lipinski definition) is 5. The number of nitrogens with one attached hydrogen (secondary N) is 1. The van der Waals surface area contributed by atoms with Crippen molar-refractivity contribution in [2.45, 2.75) is 32.6 Å². The summed E-state index contributed by atoms with van der Waals surface area (Å²) in [5, 5.41) is 4.35. The third-order valence-electron chi connectivity index (χ3n) is 3.22. The first-order chi connectivity index (χ1) is 10.7. The summed E-state index contributed by atoms with van der Waals surface area (Å²) >= 11 is 1.69. The molecule has 0 atom stereocenters. The number of para-hydroxylation sites is 1. The maximum atomic E-state index is 11.2. The second kappa shape index (κ2) is 8.54. The average Bonchev–Trinajstić information content (AvgIpc) is 2.92. The molecule has 0 radical (unpaired) electrons. The van der Waals surface area contributed by atoms with Crippen molar-refractivity contribution in [3.8, 4) is 0 Å². The van der Waals surface area contributed by atoms with Crippen LogP contribution >= 0.6 is 11.3 Å². The third-order valence-corrected chi connectivity index (χ3v) is 4.22. The zero-order valence-electron chi connectivity index (χ0n) is 12.9. The van der Waals surface area contributed by atoms with E-state index in [-0.39, 0.29) is 5.97 Å². The highest BCUT2D eigenvalue weighted by molar-refractivity contribution is 7.22. The summed E-state index contributed by atoms with van der Waals surface area (Å²) in [5.41, 5.74) is 1.51.